The van der Waals surface area contributed by atoms with Crippen molar-refractivity contribution < 1.29 is 23.5 Å². The van der Waals surface area contributed by atoms with Gasteiger partial charge in [0.25, 0.3) is 5.22 Å². The monoisotopic (exact) mass is 446 g/mol. The molecule has 0 saturated heterocycles. The highest BCUT2D eigenvalue weighted by molar-refractivity contribution is 7.99. The van der Waals surface area contributed by atoms with Gasteiger partial charge in [0.2, 0.25) is 5.89 Å². The Balaban J connectivity index is 1.79. The minimum absolute atomic E-state index is 0.0576. The highest BCUT2D eigenvalue weighted by Gasteiger charge is 2.26. The van der Waals surface area contributed by atoms with Crippen LogP contribution in [0, 0.1) is 0 Å². The first-order chi connectivity index (χ1) is 14.7. The Kier molecular flexibility index (Phi) is 7.21. The first-order valence-corrected chi connectivity index (χ1v) is 10.9. The third kappa shape index (κ3) is 6.48. The van der Waals surface area contributed by atoms with Crippen LogP contribution in [0.3, 0.4) is 0 Å². The molecule has 0 aliphatic heterocycles. The molecule has 2 N–H and O–H groups in total. The quantitative estimate of drug-likeness (QED) is 0.393. The van der Waals surface area contributed by atoms with Gasteiger partial charge in [0.15, 0.2) is 0 Å². The van der Waals surface area contributed by atoms with E-state index in [0.717, 1.165) is 28.2 Å². The molecule has 0 aliphatic rings. The van der Waals surface area contributed by atoms with Crippen molar-refractivity contribution in [1.29, 1.82) is 0 Å². The van der Waals surface area contributed by atoms with Crippen LogP contribution in [0.25, 0.3) is 10.9 Å². The molecule has 1 unspecified atom stereocenters. The fraction of sp³-hybridized carbons (Fsp3) is 0.429. The van der Waals surface area contributed by atoms with Gasteiger partial charge in [-0.2, -0.15) is 0 Å². The van der Waals surface area contributed by atoms with Crippen molar-refractivity contribution in [3.05, 3.63) is 41.9 Å². The average Bonchev–Trinajstić information content (AvgIpc) is 3.32. The second kappa shape index (κ2) is 9.86. The third-order valence-electron chi connectivity index (χ3n) is 4.13. The number of rotatable bonds is 8. The summed E-state index contributed by atoms with van der Waals surface area (Å²) in [6, 6.07) is 7.27. The van der Waals surface area contributed by atoms with E-state index in [0.29, 0.717) is 13.0 Å². The number of amides is 1. The molecule has 0 aliphatic carbocycles. The number of para-hydroxylation sites is 1. The number of alkyl carbamates (subject to hydrolysis) is 1. The topological polar surface area (TPSA) is 119 Å². The first kappa shape index (κ1) is 22.7. The van der Waals surface area contributed by atoms with E-state index >= 15 is 0 Å². The van der Waals surface area contributed by atoms with Gasteiger partial charge in [0.05, 0.1) is 6.61 Å². The summed E-state index contributed by atoms with van der Waals surface area (Å²) in [5.74, 6) is -0.0841. The van der Waals surface area contributed by atoms with E-state index in [1.54, 1.807) is 27.7 Å². The van der Waals surface area contributed by atoms with Crippen LogP contribution in [0.2, 0.25) is 0 Å². The van der Waals surface area contributed by atoms with E-state index in [1.165, 1.54) is 0 Å². The van der Waals surface area contributed by atoms with E-state index < -0.39 is 17.7 Å². The van der Waals surface area contributed by atoms with E-state index in [1.807, 2.05) is 30.5 Å². The van der Waals surface area contributed by atoms with Gasteiger partial charge in [0, 0.05) is 23.5 Å². The predicted molar refractivity (Wildman–Crippen MR) is 116 cm³/mol. The van der Waals surface area contributed by atoms with Crippen molar-refractivity contribution in [1.82, 2.24) is 20.5 Å². The van der Waals surface area contributed by atoms with Gasteiger partial charge in [-0.15, -0.1) is 10.2 Å². The number of hydrogen-bond donors (Lipinski definition) is 2. The maximum atomic E-state index is 12.4. The van der Waals surface area contributed by atoms with Crippen molar-refractivity contribution >= 4 is 34.7 Å². The zero-order valence-corrected chi connectivity index (χ0v) is 18.7. The van der Waals surface area contributed by atoms with Crippen LogP contribution in [0.1, 0.15) is 45.2 Å². The summed E-state index contributed by atoms with van der Waals surface area (Å²) in [7, 11) is 0. The van der Waals surface area contributed by atoms with Gasteiger partial charge < -0.3 is 24.2 Å². The molecule has 0 saturated carbocycles. The lowest BCUT2D eigenvalue weighted by Gasteiger charge is -2.22. The number of carbonyl (C=O) groups excluding carboxylic acids is 2. The lowest BCUT2D eigenvalue weighted by Crippen LogP contribution is -2.36. The molecule has 0 spiro atoms. The van der Waals surface area contributed by atoms with Crippen LogP contribution >= 0.6 is 11.8 Å². The summed E-state index contributed by atoms with van der Waals surface area (Å²) in [6.45, 7) is 7.42. The molecule has 1 atom stereocenters. The smallest absolute Gasteiger partial charge is 0.408 e. The van der Waals surface area contributed by atoms with Gasteiger partial charge in [-0.3, -0.25) is 4.79 Å². The second-order valence-corrected chi connectivity index (χ2v) is 8.69. The number of H-pyrrole nitrogens is 1. The third-order valence-corrected chi connectivity index (χ3v) is 4.92. The molecule has 3 aromatic rings. The molecule has 1 aromatic carbocycles. The fourth-order valence-corrected chi connectivity index (χ4v) is 3.48. The Hall–Kier alpha value is -3.01. The highest BCUT2D eigenvalue weighted by atomic mass is 32.2. The number of ether oxygens (including phenoxy) is 2. The molecular formula is C21H26N4O5S. The maximum absolute atomic E-state index is 12.4. The van der Waals surface area contributed by atoms with E-state index in [2.05, 4.69) is 20.5 Å². The zero-order chi connectivity index (χ0) is 22.4. The van der Waals surface area contributed by atoms with Crippen molar-refractivity contribution in [2.75, 3.05) is 12.4 Å². The van der Waals surface area contributed by atoms with E-state index in [4.69, 9.17) is 13.9 Å². The maximum Gasteiger partial charge on any atom is 0.408 e. The van der Waals surface area contributed by atoms with Crippen LogP contribution in [0.4, 0.5) is 4.79 Å². The number of nitrogens with one attached hydrogen (secondary N) is 2. The number of fused-ring (bicyclic) bond motifs is 1. The predicted octanol–water partition coefficient (Wildman–Crippen LogP) is 4.01. The van der Waals surface area contributed by atoms with Crippen LogP contribution in [-0.2, 0) is 20.7 Å². The normalized spacial score (nSPS) is 12.5. The van der Waals surface area contributed by atoms with Gasteiger partial charge in [-0.25, -0.2) is 4.79 Å². The average molecular weight is 447 g/mol. The number of hydrogen-bond acceptors (Lipinski definition) is 8. The Bertz CT molecular complexity index is 1040. The van der Waals surface area contributed by atoms with Crippen LogP contribution in [-0.4, -0.2) is 45.2 Å². The van der Waals surface area contributed by atoms with Crippen LogP contribution in [0.5, 0.6) is 0 Å². The number of carbonyl (C=O) groups is 2. The number of thioether (sulfide) groups is 1. The molecule has 10 heteroatoms. The lowest BCUT2D eigenvalue weighted by molar-refractivity contribution is -0.139. The van der Waals surface area contributed by atoms with Crippen LogP contribution in [0.15, 0.2) is 40.1 Å². The summed E-state index contributed by atoms with van der Waals surface area (Å²) < 4.78 is 16.0. The van der Waals surface area contributed by atoms with Crippen molar-refractivity contribution in [2.45, 2.75) is 51.0 Å². The molecule has 166 valence electrons. The van der Waals surface area contributed by atoms with Gasteiger partial charge >= 0.3 is 12.1 Å². The Morgan fingerprint density at radius 3 is 2.77 bits per heavy atom. The number of esters is 1. The van der Waals surface area contributed by atoms with Crippen molar-refractivity contribution in [2.24, 2.45) is 0 Å². The Labute approximate surface area is 184 Å². The summed E-state index contributed by atoms with van der Waals surface area (Å²) >= 11 is 1.08. The number of aromatic nitrogens is 3. The summed E-state index contributed by atoms with van der Waals surface area (Å²) in [6.07, 6.45) is 1.71. The molecule has 3 rings (SSSR count). The molecule has 0 fully saturated rings. The lowest BCUT2D eigenvalue weighted by atomic mass is 10.1. The number of aromatic amines is 1. The van der Waals surface area contributed by atoms with Gasteiger partial charge in [-0.05, 0) is 39.3 Å². The second-order valence-electron chi connectivity index (χ2n) is 7.76. The zero-order valence-electron chi connectivity index (χ0n) is 17.9. The van der Waals surface area contributed by atoms with Crippen molar-refractivity contribution in [3.63, 3.8) is 0 Å². The minimum Gasteiger partial charge on any atom is -0.465 e. The highest BCUT2D eigenvalue weighted by Crippen LogP contribution is 2.26. The molecule has 31 heavy (non-hydrogen) atoms. The van der Waals surface area contributed by atoms with E-state index in [9.17, 15) is 9.59 Å². The fourth-order valence-electron chi connectivity index (χ4n) is 2.91. The molecule has 2 aromatic heterocycles. The summed E-state index contributed by atoms with van der Waals surface area (Å²) in [5.41, 5.74) is 1.32. The molecule has 2 heterocycles. The van der Waals surface area contributed by atoms with Gasteiger partial charge in [-0.1, -0.05) is 30.0 Å². The standard InChI is InChI=1S/C21H26N4O5S/c1-5-28-17(26)12-31-20-25-24-18(29-20)16(23-19(27)30-21(2,3)4)10-13-11-22-15-9-7-6-8-14(13)15/h6-9,11,16,22H,5,10,12H2,1-4H3,(H,23,27). The first-order valence-electron chi connectivity index (χ1n) is 9.91. The molecule has 0 radical (unpaired) electrons. The molecule has 0 bridgehead atoms. The minimum atomic E-state index is -0.648. The number of nitrogens with zero attached hydrogens (tertiary/aromatic N) is 2. The summed E-state index contributed by atoms with van der Waals surface area (Å²) in [5, 5.41) is 12.1. The SMILES string of the molecule is CCOC(=O)CSc1nnc(C(Cc2c[nH]c3ccccc23)NC(=O)OC(C)(C)C)o1. The van der Waals surface area contributed by atoms with Gasteiger partial charge in [0.1, 0.15) is 17.4 Å². The van der Waals surface area contributed by atoms with Crippen LogP contribution < -0.4 is 5.32 Å². The summed E-state index contributed by atoms with van der Waals surface area (Å²) in [4.78, 5) is 27.2. The van der Waals surface area contributed by atoms with Crippen molar-refractivity contribution in [3.8, 4) is 0 Å². The Morgan fingerprint density at radius 2 is 2.03 bits per heavy atom. The largest absolute Gasteiger partial charge is 0.465 e. The molecular weight excluding hydrogens is 420 g/mol. The van der Waals surface area contributed by atoms with E-state index in [-0.39, 0.29) is 22.8 Å². The molecule has 1 amide bonds. The number of benzene rings is 1. The Morgan fingerprint density at radius 1 is 1.26 bits per heavy atom. The molecule has 9 nitrogen and oxygen atoms in total.